The number of hydrogen-bond donors (Lipinski definition) is 0. The van der Waals surface area contributed by atoms with Gasteiger partial charge in [0.1, 0.15) is 11.4 Å². The predicted octanol–water partition coefficient (Wildman–Crippen LogP) is 3.95. The molecule has 2 aromatic heterocycles. The fraction of sp³-hybridized carbons (Fsp3) is 0.333. The van der Waals surface area contributed by atoms with Gasteiger partial charge in [0.2, 0.25) is 0 Å². The van der Waals surface area contributed by atoms with Gasteiger partial charge in [0.15, 0.2) is 0 Å². The summed E-state index contributed by atoms with van der Waals surface area (Å²) in [4.78, 5) is 3.58. The molecule has 102 valence electrons. The number of hydrogen-bond acceptors (Lipinski definition) is 2. The van der Waals surface area contributed by atoms with Gasteiger partial charge in [-0.15, -0.1) is 0 Å². The summed E-state index contributed by atoms with van der Waals surface area (Å²) in [6.07, 6.45) is -4.48. The lowest BCUT2D eigenvalue weighted by Gasteiger charge is -2.06. The average molecular weight is 290 g/mol. The summed E-state index contributed by atoms with van der Waals surface area (Å²) < 4.78 is 39.5. The largest absolute Gasteiger partial charge is 0.433 e. The van der Waals surface area contributed by atoms with Gasteiger partial charge in [-0.1, -0.05) is 17.7 Å². The topological polar surface area (TPSA) is 30.7 Å². The van der Waals surface area contributed by atoms with Crippen LogP contribution >= 0.6 is 11.6 Å². The lowest BCUT2D eigenvalue weighted by atomic mass is 10.2. The highest BCUT2D eigenvalue weighted by Crippen LogP contribution is 2.32. The van der Waals surface area contributed by atoms with E-state index in [0.717, 1.165) is 6.07 Å². The molecule has 0 amide bonds. The Morgan fingerprint density at radius 1 is 1.32 bits per heavy atom. The summed E-state index contributed by atoms with van der Waals surface area (Å²) in [6.45, 7) is 4.22. The zero-order valence-electron chi connectivity index (χ0n) is 10.3. The maximum atomic E-state index is 12.6. The van der Waals surface area contributed by atoms with E-state index in [1.165, 1.54) is 12.1 Å². The highest BCUT2D eigenvalue weighted by atomic mass is 35.5. The van der Waals surface area contributed by atoms with Gasteiger partial charge in [-0.25, -0.2) is 4.98 Å². The molecule has 0 bridgehead atoms. The van der Waals surface area contributed by atoms with Crippen LogP contribution in [0.4, 0.5) is 13.2 Å². The standard InChI is InChI=1S/C12H11ClF3N3/c1-3-19-7(2)10(13)11(18-19)8-5-4-6-9(17-8)12(14,15)16/h4-6H,3H2,1-2H3. The van der Waals surface area contributed by atoms with Crippen LogP contribution in [0.2, 0.25) is 5.02 Å². The summed E-state index contributed by atoms with van der Waals surface area (Å²) in [6, 6.07) is 3.67. The van der Waals surface area contributed by atoms with Crippen LogP contribution in [0.5, 0.6) is 0 Å². The van der Waals surface area contributed by atoms with Crippen LogP contribution in [0.25, 0.3) is 11.4 Å². The van der Waals surface area contributed by atoms with Gasteiger partial charge in [0.05, 0.1) is 16.4 Å². The molecular formula is C12H11ClF3N3. The van der Waals surface area contributed by atoms with Crippen LogP contribution in [0.1, 0.15) is 18.3 Å². The SMILES string of the molecule is CCn1nc(-c2cccc(C(F)(F)F)n2)c(Cl)c1C. The highest BCUT2D eigenvalue weighted by Gasteiger charge is 2.32. The lowest BCUT2D eigenvalue weighted by Crippen LogP contribution is -2.08. The second-order valence-electron chi connectivity index (χ2n) is 3.97. The number of aryl methyl sites for hydroxylation is 1. The predicted molar refractivity (Wildman–Crippen MR) is 65.9 cm³/mol. The number of pyridine rings is 1. The molecule has 0 atom stereocenters. The van der Waals surface area contributed by atoms with Crippen molar-refractivity contribution in [2.45, 2.75) is 26.6 Å². The number of halogens is 4. The molecule has 0 saturated heterocycles. The van der Waals surface area contributed by atoms with Gasteiger partial charge in [0.25, 0.3) is 0 Å². The zero-order chi connectivity index (χ0) is 14.2. The van der Waals surface area contributed by atoms with E-state index in [2.05, 4.69) is 10.1 Å². The first-order valence-corrected chi connectivity index (χ1v) is 6.00. The second-order valence-corrected chi connectivity index (χ2v) is 4.35. The van der Waals surface area contributed by atoms with Gasteiger partial charge in [0, 0.05) is 6.54 Å². The van der Waals surface area contributed by atoms with Gasteiger partial charge in [-0.2, -0.15) is 18.3 Å². The van der Waals surface area contributed by atoms with Crippen molar-refractivity contribution in [3.8, 4) is 11.4 Å². The third kappa shape index (κ3) is 2.58. The Bertz CT molecular complexity index is 605. The molecular weight excluding hydrogens is 279 g/mol. The van der Waals surface area contributed by atoms with Crippen molar-refractivity contribution in [2.24, 2.45) is 0 Å². The molecule has 0 aromatic carbocycles. The molecule has 19 heavy (non-hydrogen) atoms. The van der Waals surface area contributed by atoms with Crippen LogP contribution in [0, 0.1) is 6.92 Å². The first-order chi connectivity index (χ1) is 8.84. The molecule has 0 saturated carbocycles. The average Bonchev–Trinajstić information content (AvgIpc) is 2.65. The Morgan fingerprint density at radius 2 is 2.00 bits per heavy atom. The number of rotatable bonds is 2. The Morgan fingerprint density at radius 3 is 2.53 bits per heavy atom. The van der Waals surface area contributed by atoms with Crippen molar-refractivity contribution >= 4 is 11.6 Å². The van der Waals surface area contributed by atoms with Crippen LogP contribution < -0.4 is 0 Å². The maximum Gasteiger partial charge on any atom is 0.433 e. The number of aromatic nitrogens is 3. The van der Waals surface area contributed by atoms with E-state index in [4.69, 9.17) is 11.6 Å². The molecule has 3 nitrogen and oxygen atoms in total. The van der Waals surface area contributed by atoms with Gasteiger partial charge in [-0.3, -0.25) is 4.68 Å². The minimum absolute atomic E-state index is 0.120. The molecule has 0 aliphatic rings. The highest BCUT2D eigenvalue weighted by molar-refractivity contribution is 6.33. The Labute approximate surface area is 113 Å². The van der Waals surface area contributed by atoms with Crippen molar-refractivity contribution in [3.05, 3.63) is 34.6 Å². The quantitative estimate of drug-likeness (QED) is 0.838. The number of nitrogens with zero attached hydrogens (tertiary/aromatic N) is 3. The summed E-state index contributed by atoms with van der Waals surface area (Å²) in [5, 5.41) is 4.50. The molecule has 0 aliphatic heterocycles. The summed E-state index contributed by atoms with van der Waals surface area (Å²) in [7, 11) is 0. The molecule has 0 spiro atoms. The van der Waals surface area contributed by atoms with E-state index in [-0.39, 0.29) is 11.4 Å². The van der Waals surface area contributed by atoms with E-state index in [9.17, 15) is 13.2 Å². The molecule has 0 radical (unpaired) electrons. The monoisotopic (exact) mass is 289 g/mol. The first-order valence-electron chi connectivity index (χ1n) is 5.62. The van der Waals surface area contributed by atoms with E-state index >= 15 is 0 Å². The Hall–Kier alpha value is -1.56. The molecule has 0 aliphatic carbocycles. The van der Waals surface area contributed by atoms with Crippen molar-refractivity contribution < 1.29 is 13.2 Å². The van der Waals surface area contributed by atoms with Crippen LogP contribution in [0.3, 0.4) is 0 Å². The first kappa shape index (κ1) is 13.9. The fourth-order valence-electron chi connectivity index (χ4n) is 1.72. The molecule has 0 N–H and O–H groups in total. The minimum Gasteiger partial charge on any atom is -0.268 e. The van der Waals surface area contributed by atoms with Gasteiger partial charge < -0.3 is 0 Å². The third-order valence-electron chi connectivity index (χ3n) is 2.72. The molecule has 7 heteroatoms. The van der Waals surface area contributed by atoms with E-state index in [1.54, 1.807) is 11.6 Å². The maximum absolute atomic E-state index is 12.6. The number of alkyl halides is 3. The molecule has 0 unspecified atom stereocenters. The van der Waals surface area contributed by atoms with Crippen molar-refractivity contribution in [2.75, 3.05) is 0 Å². The van der Waals surface area contributed by atoms with Crippen LogP contribution in [-0.4, -0.2) is 14.8 Å². The Balaban J connectivity index is 2.54. The van der Waals surface area contributed by atoms with Gasteiger partial charge >= 0.3 is 6.18 Å². The van der Waals surface area contributed by atoms with Crippen molar-refractivity contribution in [1.29, 1.82) is 0 Å². The van der Waals surface area contributed by atoms with Crippen molar-refractivity contribution in [3.63, 3.8) is 0 Å². The zero-order valence-corrected chi connectivity index (χ0v) is 11.0. The second kappa shape index (κ2) is 4.85. The lowest BCUT2D eigenvalue weighted by molar-refractivity contribution is -0.141. The molecule has 2 rings (SSSR count). The third-order valence-corrected chi connectivity index (χ3v) is 3.17. The summed E-state index contributed by atoms with van der Waals surface area (Å²) >= 11 is 6.09. The fourth-order valence-corrected chi connectivity index (χ4v) is 1.95. The van der Waals surface area contributed by atoms with E-state index < -0.39 is 11.9 Å². The van der Waals surface area contributed by atoms with Crippen LogP contribution in [-0.2, 0) is 12.7 Å². The Kier molecular flexibility index (Phi) is 3.54. The molecule has 2 heterocycles. The van der Waals surface area contributed by atoms with Crippen LogP contribution in [0.15, 0.2) is 18.2 Å². The summed E-state index contributed by atoms with van der Waals surface area (Å²) in [5.41, 5.74) is 0.144. The molecule has 2 aromatic rings. The van der Waals surface area contributed by atoms with Crippen molar-refractivity contribution in [1.82, 2.24) is 14.8 Å². The van der Waals surface area contributed by atoms with E-state index in [1.807, 2.05) is 6.92 Å². The molecule has 0 fully saturated rings. The summed E-state index contributed by atoms with van der Waals surface area (Å²) in [5.74, 6) is 0. The minimum atomic E-state index is -4.48. The van der Waals surface area contributed by atoms with E-state index in [0.29, 0.717) is 17.3 Å². The smallest absolute Gasteiger partial charge is 0.268 e. The normalized spacial score (nSPS) is 11.9. The van der Waals surface area contributed by atoms with Gasteiger partial charge in [-0.05, 0) is 26.0 Å².